The first-order valence-corrected chi connectivity index (χ1v) is 40.8. The van der Waals surface area contributed by atoms with Gasteiger partial charge in [0.2, 0.25) is 0 Å². The number of nitrogens with zero attached hydrogens (tertiary/aromatic N) is 15. The highest BCUT2D eigenvalue weighted by atomic mass is 79.9. The Morgan fingerprint density at radius 2 is 0.826 bits per heavy atom. The molecule has 0 aliphatic carbocycles. The van der Waals surface area contributed by atoms with E-state index >= 15 is 0 Å². The monoisotopic (exact) mass is 1610 g/mol. The second kappa shape index (κ2) is 37.9. The molecule has 4 fully saturated rings. The Hall–Kier alpha value is -10.7. The van der Waals surface area contributed by atoms with Crippen molar-refractivity contribution in [3.8, 4) is 0 Å². The lowest BCUT2D eigenvalue weighted by Gasteiger charge is -2.28. The fourth-order valence-electron chi connectivity index (χ4n) is 13.1. The van der Waals surface area contributed by atoms with E-state index in [2.05, 4.69) is 82.1 Å². The van der Waals surface area contributed by atoms with Crippen LogP contribution in [0.3, 0.4) is 0 Å². The van der Waals surface area contributed by atoms with Crippen LogP contribution in [0.2, 0.25) is 5.15 Å². The van der Waals surface area contributed by atoms with Gasteiger partial charge < -0.3 is 71.7 Å². The molecule has 33 heteroatoms. The van der Waals surface area contributed by atoms with Gasteiger partial charge in [0, 0.05) is 109 Å². The molecule has 2 amide bonds. The largest absolute Gasteiger partial charge is 0.384 e. The number of aromatic nitrogens is 7. The van der Waals surface area contributed by atoms with Crippen LogP contribution in [0.5, 0.6) is 0 Å². The van der Waals surface area contributed by atoms with Gasteiger partial charge in [-0.15, -0.1) is 0 Å². The summed E-state index contributed by atoms with van der Waals surface area (Å²) in [5.41, 5.74) is 21.2. The van der Waals surface area contributed by atoms with E-state index in [0.717, 1.165) is 85.8 Å². The highest BCUT2D eigenvalue weighted by Crippen LogP contribution is 2.36. The van der Waals surface area contributed by atoms with Gasteiger partial charge in [-0.2, -0.15) is 0 Å². The molecule has 4 saturated heterocycles. The summed E-state index contributed by atoms with van der Waals surface area (Å²) in [4.78, 5) is 86.5. The fraction of sp³-hybridized carbons (Fsp3) is 0.355. The number of sulfone groups is 2. The van der Waals surface area contributed by atoms with E-state index in [0.29, 0.717) is 76.4 Å². The molecule has 0 atom stereocenters. The molecular weight excluding hydrogens is 1520 g/mol. The maximum absolute atomic E-state index is 12.9. The van der Waals surface area contributed by atoms with E-state index < -0.39 is 29.5 Å². The Kier molecular flexibility index (Phi) is 28.1. The number of fused-ring (bicyclic) bond motifs is 2. The first kappa shape index (κ1) is 80.8. The third kappa shape index (κ3) is 22.7. The second-order valence-electron chi connectivity index (χ2n) is 26.9. The molecule has 6 aliphatic rings. The van der Waals surface area contributed by atoms with Crippen molar-refractivity contribution in [3.05, 3.63) is 216 Å². The van der Waals surface area contributed by atoms with Crippen LogP contribution in [-0.2, 0) is 39.2 Å². The van der Waals surface area contributed by atoms with Crippen molar-refractivity contribution in [3.63, 3.8) is 0 Å². The predicted molar refractivity (Wildman–Crippen MR) is 429 cm³/mol. The third-order valence-electron chi connectivity index (χ3n) is 18.6. The SMILES string of the molecule is CN1Cc2nc(Cc3ccc(N4CCCCC4)cn3)cc(Nc3ccccc3S(C)(=O)=O)c2C1=O.CN1Cc2nc(Cl)cc(Nc3ccccc3S(C)(=O)=O)c2C1=O.Nc1ccc(N2CCCCC2)cn1.Nc1ccc(N2CCCCC2)cn1.O=[N+]([O-])c1ccc(Br)cn1.O=[N+]([O-])c1ccc(N2CCCCC2)cn1. The van der Waals surface area contributed by atoms with Crippen LogP contribution in [0.4, 0.5) is 68.8 Å². The summed E-state index contributed by atoms with van der Waals surface area (Å²) in [5, 5.41) is 26.9. The standard InChI is InChI=1S/C26H29N5O3S.C15H14ClN3O3S.C10H13N3O2.2C10H15N3.C5H3BrN2O2/c1-30-17-23-25(26(30)32)22(29-21-8-4-5-9-24(21)35(2,33)34)15-19(28-23)14-18-10-11-20(16-27-18)31-12-6-3-7-13-31;1-19-8-11-14(15(19)20)10(7-13(16)18-11)17-9-5-3-4-6-12(9)23(2,21)22;14-13(15)10-5-4-9(8-11-10)12-6-2-1-3-7-12;2*11-10-5-4-9(8-12-10)13-6-2-1-3-7-13;6-4-1-2-5(7-3-4)8(9)10/h4-5,8-11,15-16H,3,6-7,12-14,17H2,1-2H3,(H,28,29);3-7H,8H2,1-2H3,(H,17,18);4-5,8H,1-3,6-7H2;2*4-5,8H,1-3,6-7H2,(H2,11,12);1-3H. The number of pyridine rings is 7. The van der Waals surface area contributed by atoms with E-state index in [4.69, 9.17) is 28.1 Å². The summed E-state index contributed by atoms with van der Waals surface area (Å²) < 4.78 is 49.2. The van der Waals surface area contributed by atoms with Crippen LogP contribution < -0.4 is 41.7 Å². The molecule has 0 saturated carbocycles. The number of nitrogen functional groups attached to an aromatic ring is 2. The molecular formula is C76H89BrClN19O10S2. The molecule has 0 radical (unpaired) electrons. The normalized spacial score (nSPS) is 15.3. The lowest BCUT2D eigenvalue weighted by atomic mass is 10.1. The number of para-hydroxylation sites is 2. The number of hydrogen-bond donors (Lipinski definition) is 4. The minimum Gasteiger partial charge on any atom is -0.384 e. The zero-order chi connectivity index (χ0) is 77.8. The summed E-state index contributed by atoms with van der Waals surface area (Å²) in [5.74, 6) is 0.659. The summed E-state index contributed by atoms with van der Waals surface area (Å²) in [6.07, 6.45) is 26.7. The third-order valence-corrected chi connectivity index (χ3v) is 21.6. The van der Waals surface area contributed by atoms with E-state index in [1.165, 1.54) is 130 Å². The molecule has 29 nitrogen and oxygen atoms in total. The molecule has 2 aromatic carbocycles. The number of anilines is 10. The molecule has 574 valence electrons. The van der Waals surface area contributed by atoms with Crippen LogP contribution >= 0.6 is 27.5 Å². The number of carbonyl (C=O) groups is 2. The Morgan fingerprint density at radius 1 is 0.459 bits per heavy atom. The zero-order valence-electron chi connectivity index (χ0n) is 61.2. The average Bonchev–Trinajstić information content (AvgIpc) is 1.66. The predicted octanol–water partition coefficient (Wildman–Crippen LogP) is 13.3. The van der Waals surface area contributed by atoms with E-state index in [1.807, 2.05) is 55.0 Å². The highest BCUT2D eigenvalue weighted by molar-refractivity contribution is 9.10. The Balaban J connectivity index is 0.000000148. The van der Waals surface area contributed by atoms with Crippen LogP contribution in [0.15, 0.2) is 167 Å². The van der Waals surface area contributed by atoms with Crippen LogP contribution in [0.1, 0.15) is 121 Å². The number of nitrogens with one attached hydrogen (secondary N) is 2. The molecule has 7 aromatic heterocycles. The number of nitrogens with two attached hydrogens (primary N) is 2. The van der Waals surface area contributed by atoms with Gasteiger partial charge in [0.05, 0.1) is 114 Å². The van der Waals surface area contributed by atoms with Crippen LogP contribution in [0, 0.1) is 20.2 Å². The quantitative estimate of drug-likeness (QED) is 0.0446. The topological polar surface area (TPSA) is 374 Å². The number of hydrogen-bond acceptors (Lipinski definition) is 25. The molecule has 0 spiro atoms. The molecule has 0 bridgehead atoms. The van der Waals surface area contributed by atoms with E-state index in [-0.39, 0.29) is 38.4 Å². The van der Waals surface area contributed by atoms with Gasteiger partial charge in [0.15, 0.2) is 32.1 Å². The number of nitro groups is 2. The van der Waals surface area contributed by atoms with Crippen LogP contribution in [-0.4, -0.2) is 162 Å². The van der Waals surface area contributed by atoms with Crippen molar-refractivity contribution in [1.82, 2.24) is 44.7 Å². The summed E-state index contributed by atoms with van der Waals surface area (Å²) >= 11 is 9.13. The van der Waals surface area contributed by atoms with Gasteiger partial charge in [0.1, 0.15) is 16.8 Å². The number of carbonyl (C=O) groups excluding carboxylic acids is 2. The van der Waals surface area contributed by atoms with Crippen LogP contribution in [0.25, 0.3) is 0 Å². The van der Waals surface area contributed by atoms with Gasteiger partial charge >= 0.3 is 11.6 Å². The summed E-state index contributed by atoms with van der Waals surface area (Å²) in [7, 11) is -3.45. The minimum atomic E-state index is -3.45. The minimum absolute atomic E-state index is 0.0873. The summed E-state index contributed by atoms with van der Waals surface area (Å²) in [6, 6.07) is 34.7. The molecule has 0 unspecified atom stereocenters. The van der Waals surface area contributed by atoms with Crippen molar-refractivity contribution in [2.45, 2.75) is 106 Å². The van der Waals surface area contributed by atoms with Gasteiger partial charge in [-0.25, -0.2) is 31.8 Å². The molecule has 6 aliphatic heterocycles. The fourth-order valence-corrected chi connectivity index (χ4v) is 15.2. The van der Waals surface area contributed by atoms with Crippen molar-refractivity contribution >= 4 is 128 Å². The molecule has 15 rings (SSSR count). The lowest BCUT2D eigenvalue weighted by molar-refractivity contribution is -0.389. The first-order valence-electron chi connectivity index (χ1n) is 35.9. The number of piperidine rings is 4. The van der Waals surface area contributed by atoms with Gasteiger partial charge in [0.25, 0.3) is 11.8 Å². The maximum atomic E-state index is 12.9. The Bertz CT molecular complexity index is 4790. The zero-order valence-corrected chi connectivity index (χ0v) is 65.2. The number of halogens is 2. The molecule has 13 heterocycles. The summed E-state index contributed by atoms with van der Waals surface area (Å²) in [6.45, 7) is 9.61. The Labute approximate surface area is 647 Å². The molecule has 9 aromatic rings. The van der Waals surface area contributed by atoms with Crippen molar-refractivity contribution in [1.29, 1.82) is 0 Å². The van der Waals surface area contributed by atoms with Crippen molar-refractivity contribution in [2.24, 2.45) is 0 Å². The van der Waals surface area contributed by atoms with Crippen molar-refractivity contribution < 1.29 is 36.3 Å². The van der Waals surface area contributed by atoms with Gasteiger partial charge in [-0.3, -0.25) is 19.6 Å². The lowest BCUT2D eigenvalue weighted by Crippen LogP contribution is -2.29. The second-order valence-corrected chi connectivity index (χ2v) is 32.2. The Morgan fingerprint density at radius 3 is 1.18 bits per heavy atom. The number of amides is 2. The molecule has 109 heavy (non-hydrogen) atoms. The molecule has 6 N–H and O–H groups in total. The van der Waals surface area contributed by atoms with E-state index in [9.17, 15) is 46.7 Å². The number of rotatable bonds is 14. The maximum Gasteiger partial charge on any atom is 0.363 e. The number of benzene rings is 2. The van der Waals surface area contributed by atoms with E-state index in [1.54, 1.807) is 79.8 Å². The van der Waals surface area contributed by atoms with Crippen molar-refractivity contribution in [2.75, 3.05) is 121 Å². The smallest absolute Gasteiger partial charge is 0.363 e. The average molecular weight is 1610 g/mol. The van der Waals surface area contributed by atoms with Gasteiger partial charge in [-0.05, 0) is 198 Å². The van der Waals surface area contributed by atoms with Gasteiger partial charge in [-0.1, -0.05) is 35.9 Å². The highest BCUT2D eigenvalue weighted by Gasteiger charge is 2.32. The first-order chi connectivity index (χ1) is 52.3.